The molecule has 2 heterocycles. The van der Waals surface area contributed by atoms with E-state index in [9.17, 15) is 19.5 Å². The number of rotatable bonds is 8. The van der Waals surface area contributed by atoms with E-state index in [1.165, 1.54) is 6.33 Å². The normalized spacial score (nSPS) is 13.1. The van der Waals surface area contributed by atoms with Gasteiger partial charge in [0.2, 0.25) is 5.91 Å². The minimum absolute atomic E-state index is 0.0961. The highest BCUT2D eigenvalue weighted by molar-refractivity contribution is 5.98. The van der Waals surface area contributed by atoms with Gasteiger partial charge in [-0.2, -0.15) is 0 Å². The molecule has 4 N–H and O–H groups in total. The Kier molecular flexibility index (Phi) is 9.37. The number of aromatic nitrogens is 3. The first-order valence-electron chi connectivity index (χ1n) is 11.0. The molecule has 12 nitrogen and oxygen atoms in total. The Labute approximate surface area is 201 Å². The fraction of sp³-hybridized carbons (Fsp3) is 0.435. The van der Waals surface area contributed by atoms with Crippen LogP contribution < -0.4 is 16.0 Å². The summed E-state index contributed by atoms with van der Waals surface area (Å²) < 4.78 is 0.931. The number of aromatic carboxylic acids is 1. The fourth-order valence-electron chi connectivity index (χ4n) is 2.94. The van der Waals surface area contributed by atoms with Gasteiger partial charge in [-0.3, -0.25) is 14.1 Å². The third-order valence-electron chi connectivity index (χ3n) is 5.97. The zero-order valence-electron chi connectivity index (χ0n) is 20.1. The number of hydrogen-bond donors (Lipinski definition) is 4. The average Bonchev–Trinajstić information content (AvgIpc) is 2.87. The number of nitrogens with zero attached hydrogens (tertiary/aromatic N) is 4. The molecule has 35 heavy (non-hydrogen) atoms. The van der Waals surface area contributed by atoms with Crippen molar-refractivity contribution in [2.45, 2.75) is 27.2 Å². The molecule has 0 fully saturated rings. The molecule has 0 bridgehead atoms. The summed E-state index contributed by atoms with van der Waals surface area (Å²) >= 11 is 0. The van der Waals surface area contributed by atoms with Crippen LogP contribution in [0.15, 0.2) is 35.5 Å². The van der Waals surface area contributed by atoms with Crippen LogP contribution in [0, 0.1) is 11.8 Å². The van der Waals surface area contributed by atoms with E-state index in [1.807, 2.05) is 20.8 Å². The van der Waals surface area contributed by atoms with Crippen molar-refractivity contribution in [3.8, 4) is 0 Å². The number of fused-ring (bicyclic) bond motifs is 3. The molecule has 190 valence electrons. The Morgan fingerprint density at radius 3 is 2.29 bits per heavy atom. The molecule has 0 aliphatic carbocycles. The Morgan fingerprint density at radius 2 is 1.77 bits per heavy atom. The summed E-state index contributed by atoms with van der Waals surface area (Å²) in [5.74, 6) is -1.60. The highest BCUT2D eigenvalue weighted by Gasteiger charge is 2.19. The summed E-state index contributed by atoms with van der Waals surface area (Å²) in [5, 5.41) is 39.7. The van der Waals surface area contributed by atoms with Gasteiger partial charge in [-0.1, -0.05) is 27.2 Å². The largest absolute Gasteiger partial charge is 0.545 e. The number of anilines is 1. The molecule has 0 aliphatic rings. The number of quaternary nitrogens is 1. The second kappa shape index (κ2) is 11.8. The van der Waals surface area contributed by atoms with Crippen molar-refractivity contribution in [2.24, 2.45) is 11.8 Å². The molecule has 0 saturated heterocycles. The van der Waals surface area contributed by atoms with Crippen LogP contribution in [0.1, 0.15) is 37.6 Å². The number of aliphatic hydroxyl groups excluding tert-OH is 3. The number of carbonyl (C=O) groups is 2. The predicted molar refractivity (Wildman–Crippen MR) is 126 cm³/mol. The van der Waals surface area contributed by atoms with Gasteiger partial charge < -0.3 is 30.5 Å². The summed E-state index contributed by atoms with van der Waals surface area (Å²) in [5.41, 5.74) is 0.0580. The first kappa shape index (κ1) is 27.8. The van der Waals surface area contributed by atoms with Gasteiger partial charge in [0.1, 0.15) is 12.0 Å². The molecule has 1 aromatic carbocycles. The van der Waals surface area contributed by atoms with Crippen molar-refractivity contribution in [2.75, 3.05) is 32.6 Å². The lowest BCUT2D eigenvalue weighted by molar-refractivity contribution is -0.959. The maximum absolute atomic E-state index is 12.4. The van der Waals surface area contributed by atoms with E-state index in [0.29, 0.717) is 16.6 Å². The molecule has 2 aromatic heterocycles. The molecule has 0 radical (unpaired) electrons. The summed E-state index contributed by atoms with van der Waals surface area (Å²) in [6, 6.07) is 5.10. The number of carbonyl (C=O) groups excluding carboxylic acids is 2. The maximum atomic E-state index is 12.4. The summed E-state index contributed by atoms with van der Waals surface area (Å²) in [7, 11) is 1.54. The summed E-state index contributed by atoms with van der Waals surface area (Å²) in [4.78, 5) is 43.9. The molecular formula is C23H31N5O7. The van der Waals surface area contributed by atoms with Crippen molar-refractivity contribution in [3.05, 3.63) is 46.6 Å². The molecule has 12 heteroatoms. The van der Waals surface area contributed by atoms with E-state index in [4.69, 9.17) is 15.3 Å². The number of aliphatic hydroxyl groups is 3. The number of carboxylic acid groups (broad SMARTS) is 1. The lowest BCUT2D eigenvalue weighted by Crippen LogP contribution is -2.46. The van der Waals surface area contributed by atoms with Crippen molar-refractivity contribution >= 4 is 34.1 Å². The SMILES string of the molecule is CCC(C)C(C)C(=O)Nc1ccc2ncn3c(=O)c(C(=O)[O-])cnc3c2c1.C[N+](CO)(CO)CO. The van der Waals surface area contributed by atoms with Crippen LogP contribution in [0.25, 0.3) is 16.6 Å². The highest BCUT2D eigenvalue weighted by atomic mass is 16.4. The average molecular weight is 490 g/mol. The van der Waals surface area contributed by atoms with Crippen molar-refractivity contribution in [1.82, 2.24) is 14.4 Å². The molecule has 0 aliphatic heterocycles. The minimum Gasteiger partial charge on any atom is -0.545 e. The number of amides is 1. The number of hydrogen-bond acceptors (Lipinski definition) is 9. The maximum Gasteiger partial charge on any atom is 0.268 e. The number of carboxylic acids is 1. The Balaban J connectivity index is 0.000000466. The zero-order valence-corrected chi connectivity index (χ0v) is 20.1. The van der Waals surface area contributed by atoms with Gasteiger partial charge in [0.15, 0.2) is 20.2 Å². The molecule has 0 spiro atoms. The van der Waals surface area contributed by atoms with Crippen LogP contribution in [-0.4, -0.2) is 73.3 Å². The fourth-order valence-corrected chi connectivity index (χ4v) is 2.94. The topological polar surface area (TPSA) is 177 Å². The number of nitrogens with one attached hydrogen (secondary N) is 1. The van der Waals surface area contributed by atoms with Gasteiger partial charge in [0.05, 0.1) is 24.1 Å². The third kappa shape index (κ3) is 6.36. The predicted octanol–water partition coefficient (Wildman–Crippen LogP) is -0.491. The molecule has 0 saturated carbocycles. The van der Waals surface area contributed by atoms with Crippen molar-refractivity contribution in [3.63, 3.8) is 0 Å². The first-order chi connectivity index (χ1) is 16.5. The van der Waals surface area contributed by atoms with Crippen LogP contribution in [0.2, 0.25) is 0 Å². The zero-order chi connectivity index (χ0) is 26.3. The second-order valence-electron chi connectivity index (χ2n) is 8.64. The second-order valence-corrected chi connectivity index (χ2v) is 8.64. The number of benzene rings is 1. The quantitative estimate of drug-likeness (QED) is 0.185. The van der Waals surface area contributed by atoms with E-state index < -0.39 is 17.1 Å². The van der Waals surface area contributed by atoms with E-state index in [2.05, 4.69) is 15.3 Å². The van der Waals surface area contributed by atoms with Gasteiger partial charge >= 0.3 is 0 Å². The minimum atomic E-state index is -1.60. The molecule has 1 amide bonds. The van der Waals surface area contributed by atoms with Crippen LogP contribution in [0.3, 0.4) is 0 Å². The molecule has 3 rings (SSSR count). The van der Waals surface area contributed by atoms with Crippen LogP contribution in [0.5, 0.6) is 0 Å². The van der Waals surface area contributed by atoms with Crippen LogP contribution >= 0.6 is 0 Å². The Morgan fingerprint density at radius 1 is 1.14 bits per heavy atom. The lowest BCUT2D eigenvalue weighted by Gasteiger charge is -2.25. The van der Waals surface area contributed by atoms with Crippen molar-refractivity contribution in [1.29, 1.82) is 0 Å². The van der Waals surface area contributed by atoms with Crippen LogP contribution in [-0.2, 0) is 4.79 Å². The third-order valence-corrected chi connectivity index (χ3v) is 5.97. The van der Waals surface area contributed by atoms with Gasteiger partial charge in [-0.15, -0.1) is 0 Å². The highest BCUT2D eigenvalue weighted by Crippen LogP contribution is 2.22. The summed E-state index contributed by atoms with van der Waals surface area (Å²) in [6.07, 6.45) is 3.10. The van der Waals surface area contributed by atoms with Gasteiger partial charge in [-0.05, 0) is 24.1 Å². The molecular weight excluding hydrogens is 458 g/mol. The van der Waals surface area contributed by atoms with E-state index in [0.717, 1.165) is 17.0 Å². The Hall–Kier alpha value is -3.45. The molecule has 2 atom stereocenters. The van der Waals surface area contributed by atoms with Crippen molar-refractivity contribution < 1.29 is 34.5 Å². The molecule has 3 aromatic rings. The van der Waals surface area contributed by atoms with Gasteiger partial charge in [0, 0.05) is 23.2 Å². The van der Waals surface area contributed by atoms with Gasteiger partial charge in [0.25, 0.3) is 5.56 Å². The van der Waals surface area contributed by atoms with E-state index in [1.54, 1.807) is 25.2 Å². The standard InChI is InChI=1S/C19H20N4O4.C4H12NO3/c1-4-10(2)11(3)17(24)22-12-5-6-15-13(7-12)16-20-8-14(19(26)27)18(25)23(16)9-21-15;1-5(2-6,3-7)4-8/h5-11H,4H2,1-3H3,(H,22,24)(H,26,27);6-8H,2-4H2,1H3/q;+1/p-1. The Bertz CT molecular complexity index is 1250. The monoisotopic (exact) mass is 489 g/mol. The van der Waals surface area contributed by atoms with E-state index >= 15 is 0 Å². The smallest absolute Gasteiger partial charge is 0.268 e. The van der Waals surface area contributed by atoms with Gasteiger partial charge in [-0.25, -0.2) is 14.4 Å². The summed E-state index contributed by atoms with van der Waals surface area (Å²) in [6.45, 7) is 5.21. The molecule has 2 unspecified atom stereocenters. The lowest BCUT2D eigenvalue weighted by atomic mass is 9.93. The van der Waals surface area contributed by atoms with Crippen LogP contribution in [0.4, 0.5) is 5.69 Å². The first-order valence-corrected chi connectivity index (χ1v) is 11.0. The van der Waals surface area contributed by atoms with E-state index in [-0.39, 0.29) is 48.1 Å².